The van der Waals surface area contributed by atoms with Gasteiger partial charge < -0.3 is 5.11 Å². The molecule has 1 atom stereocenters. The van der Waals surface area contributed by atoms with Gasteiger partial charge in [-0.2, -0.15) is 8.61 Å². The van der Waals surface area contributed by atoms with Crippen molar-refractivity contribution in [3.05, 3.63) is 48.5 Å². The Bertz CT molecular complexity index is 1160. The Labute approximate surface area is 189 Å². The van der Waals surface area contributed by atoms with E-state index >= 15 is 0 Å². The molecular weight excluding hydrogens is 452 g/mol. The van der Waals surface area contributed by atoms with E-state index in [2.05, 4.69) is 0 Å². The van der Waals surface area contributed by atoms with E-state index in [1.54, 1.807) is 50.2 Å². The largest absolute Gasteiger partial charge is 0.481 e. The van der Waals surface area contributed by atoms with E-state index < -0.39 is 31.9 Å². The van der Waals surface area contributed by atoms with Gasteiger partial charge in [0.2, 0.25) is 20.0 Å². The molecule has 3 rings (SSSR count). The van der Waals surface area contributed by atoms with Crippen LogP contribution in [0.1, 0.15) is 26.7 Å². The first-order chi connectivity index (χ1) is 15.1. The molecule has 0 aromatic heterocycles. The number of carboxylic acids is 1. The molecule has 1 N–H and O–H groups in total. The van der Waals surface area contributed by atoms with E-state index in [-0.39, 0.29) is 16.3 Å². The Morgan fingerprint density at radius 3 is 1.91 bits per heavy atom. The Kier molecular flexibility index (Phi) is 7.39. The van der Waals surface area contributed by atoms with Gasteiger partial charge in [0.25, 0.3) is 0 Å². The zero-order valence-corrected chi connectivity index (χ0v) is 19.8. The minimum atomic E-state index is -3.78. The summed E-state index contributed by atoms with van der Waals surface area (Å²) < 4.78 is 53.8. The second-order valence-corrected chi connectivity index (χ2v) is 11.6. The van der Waals surface area contributed by atoms with Crippen LogP contribution < -0.4 is 0 Å². The van der Waals surface area contributed by atoms with Crippen LogP contribution in [0.15, 0.2) is 58.3 Å². The second-order valence-electron chi connectivity index (χ2n) is 7.68. The van der Waals surface area contributed by atoms with E-state index in [0.29, 0.717) is 32.5 Å². The molecule has 0 spiro atoms. The normalized spacial score (nSPS) is 18.0. The van der Waals surface area contributed by atoms with Gasteiger partial charge in [0.1, 0.15) is 0 Å². The van der Waals surface area contributed by atoms with Crippen molar-refractivity contribution in [2.45, 2.75) is 36.5 Å². The van der Waals surface area contributed by atoms with E-state index in [9.17, 15) is 26.7 Å². The summed E-state index contributed by atoms with van der Waals surface area (Å²) >= 11 is 0. The van der Waals surface area contributed by atoms with Crippen molar-refractivity contribution >= 4 is 26.0 Å². The van der Waals surface area contributed by atoms with Crippen LogP contribution in [0.5, 0.6) is 0 Å². The highest BCUT2D eigenvalue weighted by Gasteiger charge is 2.33. The average molecular weight is 481 g/mol. The van der Waals surface area contributed by atoms with E-state index in [1.165, 1.54) is 20.7 Å². The van der Waals surface area contributed by atoms with Crippen LogP contribution in [0.2, 0.25) is 0 Å². The second kappa shape index (κ2) is 9.70. The Morgan fingerprint density at radius 1 is 0.938 bits per heavy atom. The monoisotopic (exact) mass is 480 g/mol. The van der Waals surface area contributed by atoms with Gasteiger partial charge in [0.05, 0.1) is 15.7 Å². The van der Waals surface area contributed by atoms with Crippen molar-refractivity contribution in [3.8, 4) is 11.1 Å². The Hall–Kier alpha value is -2.27. The van der Waals surface area contributed by atoms with Gasteiger partial charge in [-0.3, -0.25) is 4.79 Å². The van der Waals surface area contributed by atoms with Crippen LogP contribution in [-0.4, -0.2) is 62.7 Å². The first kappa shape index (κ1) is 24.4. The number of carboxylic acid groups (broad SMARTS) is 1. The molecular formula is C22H28N2O6S2. The van der Waals surface area contributed by atoms with Crippen molar-refractivity contribution < 1.29 is 26.7 Å². The molecule has 10 heteroatoms. The number of piperidine rings is 1. The van der Waals surface area contributed by atoms with E-state index in [4.69, 9.17) is 0 Å². The van der Waals surface area contributed by atoms with Crippen LogP contribution in [0.3, 0.4) is 0 Å². The molecule has 0 aliphatic carbocycles. The fourth-order valence-corrected chi connectivity index (χ4v) is 6.84. The molecule has 1 unspecified atom stereocenters. The lowest BCUT2D eigenvalue weighted by Gasteiger charge is -2.29. The van der Waals surface area contributed by atoms with Crippen LogP contribution >= 0.6 is 0 Å². The summed E-state index contributed by atoms with van der Waals surface area (Å²) in [6.45, 7) is 4.63. The van der Waals surface area contributed by atoms with Gasteiger partial charge in [0.15, 0.2) is 0 Å². The van der Waals surface area contributed by atoms with Crippen molar-refractivity contribution in [1.29, 1.82) is 0 Å². The highest BCUT2D eigenvalue weighted by molar-refractivity contribution is 7.89. The van der Waals surface area contributed by atoms with Gasteiger partial charge in [-0.1, -0.05) is 38.1 Å². The highest BCUT2D eigenvalue weighted by Crippen LogP contribution is 2.27. The summed E-state index contributed by atoms with van der Waals surface area (Å²) in [5, 5.41) is 9.22. The molecule has 0 bridgehead atoms. The van der Waals surface area contributed by atoms with Crippen molar-refractivity contribution in [3.63, 3.8) is 0 Å². The molecule has 0 saturated carbocycles. The van der Waals surface area contributed by atoms with Crippen molar-refractivity contribution in [2.24, 2.45) is 5.92 Å². The molecule has 174 valence electrons. The number of aliphatic carboxylic acids is 1. The molecule has 1 saturated heterocycles. The molecule has 1 aliphatic rings. The van der Waals surface area contributed by atoms with Crippen LogP contribution in [0, 0.1) is 5.92 Å². The third kappa shape index (κ3) is 4.88. The van der Waals surface area contributed by atoms with Crippen LogP contribution in [-0.2, 0) is 24.8 Å². The maximum absolute atomic E-state index is 12.9. The summed E-state index contributed by atoms with van der Waals surface area (Å²) in [5.74, 6) is -1.67. The van der Waals surface area contributed by atoms with E-state index in [1.807, 2.05) is 0 Å². The van der Waals surface area contributed by atoms with Gasteiger partial charge in [-0.25, -0.2) is 16.8 Å². The minimum Gasteiger partial charge on any atom is -0.481 e. The molecule has 1 fully saturated rings. The summed E-state index contributed by atoms with van der Waals surface area (Å²) in [7, 11) is -7.33. The first-order valence-corrected chi connectivity index (χ1v) is 13.4. The quantitative estimate of drug-likeness (QED) is 0.622. The van der Waals surface area contributed by atoms with Crippen molar-refractivity contribution in [1.82, 2.24) is 8.61 Å². The van der Waals surface area contributed by atoms with Gasteiger partial charge >= 0.3 is 5.97 Å². The number of carbonyl (C=O) groups is 1. The fourth-order valence-electron chi connectivity index (χ4n) is 3.86. The number of benzene rings is 2. The molecule has 0 radical (unpaired) electrons. The number of rotatable bonds is 8. The zero-order chi connectivity index (χ0) is 23.5. The first-order valence-electron chi connectivity index (χ1n) is 10.5. The Morgan fingerprint density at radius 2 is 1.44 bits per heavy atom. The minimum absolute atomic E-state index is 0.0259. The maximum Gasteiger partial charge on any atom is 0.307 e. The number of nitrogens with zero attached hydrogens (tertiary/aromatic N) is 2. The van der Waals surface area contributed by atoms with Crippen molar-refractivity contribution in [2.75, 3.05) is 26.2 Å². The van der Waals surface area contributed by atoms with E-state index in [0.717, 1.165) is 11.1 Å². The summed E-state index contributed by atoms with van der Waals surface area (Å²) in [6, 6.07) is 12.8. The number of hydrogen-bond donors (Lipinski definition) is 1. The summed E-state index contributed by atoms with van der Waals surface area (Å²) in [4.78, 5) is 11.6. The predicted octanol–water partition coefficient (Wildman–Crippen LogP) is 2.87. The third-order valence-corrected chi connectivity index (χ3v) is 9.70. The average Bonchev–Trinajstić information content (AvgIpc) is 2.80. The van der Waals surface area contributed by atoms with Crippen LogP contribution in [0.4, 0.5) is 0 Å². The summed E-state index contributed by atoms with van der Waals surface area (Å²) in [6.07, 6.45) is 0.983. The topological polar surface area (TPSA) is 112 Å². The third-order valence-electron chi connectivity index (χ3n) is 5.76. The lowest BCUT2D eigenvalue weighted by atomic mass is 10.0. The van der Waals surface area contributed by atoms with Gasteiger partial charge in [-0.15, -0.1) is 0 Å². The number of sulfonamides is 2. The van der Waals surface area contributed by atoms with Crippen LogP contribution in [0.25, 0.3) is 11.1 Å². The molecule has 1 aliphatic heterocycles. The lowest BCUT2D eigenvalue weighted by molar-refractivity contribution is -0.142. The predicted molar refractivity (Wildman–Crippen MR) is 121 cm³/mol. The smallest absolute Gasteiger partial charge is 0.307 e. The molecule has 1 heterocycles. The van der Waals surface area contributed by atoms with Gasteiger partial charge in [-0.05, 0) is 48.2 Å². The van der Waals surface area contributed by atoms with Gasteiger partial charge in [0, 0.05) is 26.2 Å². The SMILES string of the molecule is CCN(CC)S(=O)(=O)c1ccc(-c2ccc(S(=O)(=O)N3CCCC(C(=O)O)C3)cc2)cc1. The fraction of sp³-hybridized carbons (Fsp3) is 0.409. The molecule has 2 aromatic carbocycles. The molecule has 2 aromatic rings. The zero-order valence-electron chi connectivity index (χ0n) is 18.1. The standard InChI is InChI=1S/C22H28N2O6S2/c1-3-23(4-2)31(27,28)20-11-7-17(8-12-20)18-9-13-21(14-10-18)32(29,30)24-15-5-6-19(16-24)22(25)26/h7-14,19H,3-6,15-16H2,1-2H3,(H,25,26). The molecule has 8 nitrogen and oxygen atoms in total. The maximum atomic E-state index is 12.9. The summed E-state index contributed by atoms with van der Waals surface area (Å²) in [5.41, 5.74) is 1.51. The number of hydrogen-bond acceptors (Lipinski definition) is 5. The lowest BCUT2D eigenvalue weighted by Crippen LogP contribution is -2.42. The molecule has 32 heavy (non-hydrogen) atoms. The highest BCUT2D eigenvalue weighted by atomic mass is 32.2. The molecule has 0 amide bonds. The Balaban J connectivity index is 1.80.